The Labute approximate surface area is 106 Å². The number of hydrogen-bond donors (Lipinski definition) is 0. The second kappa shape index (κ2) is 5.50. The van der Waals surface area contributed by atoms with Crippen LogP contribution in [0.25, 0.3) is 0 Å². The average molecular weight is 289 g/mol. The van der Waals surface area contributed by atoms with Crippen LogP contribution < -0.4 is 0 Å². The zero-order valence-electron chi connectivity index (χ0n) is 9.99. The number of halogens is 1. The Kier molecular flexibility index (Phi) is 4.25. The predicted molar refractivity (Wildman–Crippen MR) is 68.8 cm³/mol. The highest BCUT2D eigenvalue weighted by Crippen LogP contribution is 2.25. The number of carbonyl (C=O) groups is 1. The third-order valence-electron chi connectivity index (χ3n) is 3.65. The van der Waals surface area contributed by atoms with Gasteiger partial charge in [-0.15, -0.1) is 0 Å². The minimum Gasteiger partial charge on any atom is -0.338 e. The van der Waals surface area contributed by atoms with Crippen LogP contribution in [0.15, 0.2) is 0 Å². The van der Waals surface area contributed by atoms with Gasteiger partial charge in [0.2, 0.25) is 5.91 Å². The van der Waals surface area contributed by atoms with Crippen molar-refractivity contribution in [3.63, 3.8) is 0 Å². The molecular weight excluding hydrogens is 268 g/mol. The molecule has 0 N–H and O–H groups in total. The zero-order valence-corrected chi connectivity index (χ0v) is 11.6. The van der Waals surface area contributed by atoms with Gasteiger partial charge in [-0.05, 0) is 25.8 Å². The van der Waals surface area contributed by atoms with E-state index in [4.69, 9.17) is 0 Å². The molecule has 0 aromatic rings. The molecule has 0 aromatic heterocycles. The molecule has 2 fully saturated rings. The Morgan fingerprint density at radius 2 is 2.06 bits per heavy atom. The molecule has 0 spiro atoms. The molecule has 0 bridgehead atoms. The molecule has 1 amide bonds. The van der Waals surface area contributed by atoms with E-state index in [2.05, 4.69) is 32.7 Å². The van der Waals surface area contributed by atoms with Crippen molar-refractivity contribution in [3.8, 4) is 0 Å². The summed E-state index contributed by atoms with van der Waals surface area (Å²) in [5.41, 5.74) is 0. The van der Waals surface area contributed by atoms with Gasteiger partial charge in [-0.25, -0.2) is 0 Å². The average Bonchev–Trinajstić information content (AvgIpc) is 2.59. The Hall–Kier alpha value is -0.0900. The first-order chi connectivity index (χ1) is 7.70. The fraction of sp³-hybridized carbons (Fsp3) is 0.917. The van der Waals surface area contributed by atoms with Gasteiger partial charge in [0.05, 0.1) is 0 Å². The zero-order chi connectivity index (χ0) is 11.5. The standard InChI is InChI=1S/C12H21BrN2O/c1-2-5-14-6-3-11(4-7-14)15-9-10(13)8-12(15)16/h10-11H,2-9H2,1H3. The van der Waals surface area contributed by atoms with Gasteiger partial charge in [0.1, 0.15) is 0 Å². The first-order valence-corrected chi connectivity index (χ1v) is 7.28. The Morgan fingerprint density at radius 3 is 2.56 bits per heavy atom. The van der Waals surface area contributed by atoms with Crippen molar-refractivity contribution in [3.05, 3.63) is 0 Å². The molecule has 0 aromatic carbocycles. The highest BCUT2D eigenvalue weighted by molar-refractivity contribution is 9.09. The number of rotatable bonds is 3. The molecule has 2 heterocycles. The summed E-state index contributed by atoms with van der Waals surface area (Å²) >= 11 is 3.55. The number of likely N-dealkylation sites (tertiary alicyclic amines) is 2. The van der Waals surface area contributed by atoms with Gasteiger partial charge in [0, 0.05) is 36.9 Å². The van der Waals surface area contributed by atoms with Crippen LogP contribution >= 0.6 is 15.9 Å². The molecule has 0 saturated carbocycles. The fourth-order valence-corrected chi connectivity index (χ4v) is 3.40. The Balaban J connectivity index is 1.82. The van der Waals surface area contributed by atoms with Crippen LogP contribution in [0.4, 0.5) is 0 Å². The van der Waals surface area contributed by atoms with Crippen molar-refractivity contribution < 1.29 is 4.79 Å². The van der Waals surface area contributed by atoms with Crippen LogP contribution in [0, 0.1) is 0 Å². The number of piperidine rings is 1. The fourth-order valence-electron chi connectivity index (χ4n) is 2.81. The Bertz CT molecular complexity index is 251. The van der Waals surface area contributed by atoms with Crippen LogP contribution in [0.5, 0.6) is 0 Å². The van der Waals surface area contributed by atoms with E-state index in [1.54, 1.807) is 0 Å². The number of amides is 1. The van der Waals surface area contributed by atoms with Gasteiger partial charge in [-0.1, -0.05) is 22.9 Å². The lowest BCUT2D eigenvalue weighted by atomic mass is 10.0. The minimum absolute atomic E-state index is 0.343. The summed E-state index contributed by atoms with van der Waals surface area (Å²) in [6, 6.07) is 0.503. The molecule has 2 aliphatic rings. The van der Waals surface area contributed by atoms with E-state index in [0.717, 1.165) is 32.5 Å². The van der Waals surface area contributed by atoms with E-state index < -0.39 is 0 Å². The smallest absolute Gasteiger partial charge is 0.224 e. The maximum Gasteiger partial charge on any atom is 0.224 e. The van der Waals surface area contributed by atoms with Crippen LogP contribution in [-0.4, -0.2) is 52.8 Å². The van der Waals surface area contributed by atoms with Gasteiger partial charge in [-0.3, -0.25) is 4.79 Å². The summed E-state index contributed by atoms with van der Waals surface area (Å²) in [6.45, 7) is 6.68. The van der Waals surface area contributed by atoms with Crippen molar-refractivity contribution in [2.24, 2.45) is 0 Å². The van der Waals surface area contributed by atoms with E-state index in [1.165, 1.54) is 13.0 Å². The van der Waals surface area contributed by atoms with Crippen molar-refractivity contribution in [1.29, 1.82) is 0 Å². The van der Waals surface area contributed by atoms with Gasteiger partial charge in [0.25, 0.3) is 0 Å². The van der Waals surface area contributed by atoms with Gasteiger partial charge >= 0.3 is 0 Å². The molecule has 2 saturated heterocycles. The summed E-state index contributed by atoms with van der Waals surface area (Å²) in [5, 5.41) is 0. The second-order valence-electron chi connectivity index (χ2n) is 4.92. The van der Waals surface area contributed by atoms with Gasteiger partial charge in [0.15, 0.2) is 0 Å². The molecule has 92 valence electrons. The number of hydrogen-bond acceptors (Lipinski definition) is 2. The van der Waals surface area contributed by atoms with E-state index >= 15 is 0 Å². The largest absolute Gasteiger partial charge is 0.338 e. The summed E-state index contributed by atoms with van der Waals surface area (Å²) in [7, 11) is 0. The summed E-state index contributed by atoms with van der Waals surface area (Å²) in [4.78, 5) is 16.8. The van der Waals surface area contributed by atoms with E-state index in [0.29, 0.717) is 23.2 Å². The van der Waals surface area contributed by atoms with Crippen molar-refractivity contribution in [2.45, 2.75) is 43.5 Å². The van der Waals surface area contributed by atoms with Crippen molar-refractivity contribution in [1.82, 2.24) is 9.80 Å². The quantitative estimate of drug-likeness (QED) is 0.740. The van der Waals surface area contributed by atoms with Crippen LogP contribution in [0.3, 0.4) is 0 Å². The monoisotopic (exact) mass is 288 g/mol. The highest BCUT2D eigenvalue weighted by Gasteiger charge is 2.34. The molecule has 0 aliphatic carbocycles. The van der Waals surface area contributed by atoms with E-state index in [-0.39, 0.29) is 0 Å². The first-order valence-electron chi connectivity index (χ1n) is 6.36. The SMILES string of the molecule is CCCN1CCC(N2CC(Br)CC2=O)CC1. The molecular formula is C12H21BrN2O. The molecule has 1 unspecified atom stereocenters. The van der Waals surface area contributed by atoms with Crippen molar-refractivity contribution in [2.75, 3.05) is 26.2 Å². The lowest BCUT2D eigenvalue weighted by Crippen LogP contribution is -2.45. The first kappa shape index (κ1) is 12.4. The van der Waals surface area contributed by atoms with Crippen LogP contribution in [0.1, 0.15) is 32.6 Å². The van der Waals surface area contributed by atoms with E-state index in [9.17, 15) is 4.79 Å². The maximum absolute atomic E-state index is 11.8. The minimum atomic E-state index is 0.343. The second-order valence-corrected chi connectivity index (χ2v) is 6.22. The lowest BCUT2D eigenvalue weighted by molar-refractivity contribution is -0.130. The van der Waals surface area contributed by atoms with Gasteiger partial charge < -0.3 is 9.80 Å². The van der Waals surface area contributed by atoms with E-state index in [1.807, 2.05) is 0 Å². The predicted octanol–water partition coefficient (Wildman–Crippen LogP) is 1.86. The lowest BCUT2D eigenvalue weighted by Gasteiger charge is -2.36. The molecule has 2 rings (SSSR count). The van der Waals surface area contributed by atoms with Crippen LogP contribution in [0.2, 0.25) is 0 Å². The molecule has 4 heteroatoms. The summed E-state index contributed by atoms with van der Waals surface area (Å²) in [6.07, 6.45) is 4.24. The molecule has 0 radical (unpaired) electrons. The number of nitrogens with zero attached hydrogens (tertiary/aromatic N) is 2. The Morgan fingerprint density at radius 1 is 1.38 bits per heavy atom. The molecule has 3 nitrogen and oxygen atoms in total. The molecule has 2 aliphatic heterocycles. The highest BCUT2D eigenvalue weighted by atomic mass is 79.9. The maximum atomic E-state index is 11.8. The molecule has 16 heavy (non-hydrogen) atoms. The van der Waals surface area contributed by atoms with Gasteiger partial charge in [-0.2, -0.15) is 0 Å². The number of carbonyl (C=O) groups excluding carboxylic acids is 1. The van der Waals surface area contributed by atoms with Crippen LogP contribution in [-0.2, 0) is 4.79 Å². The summed E-state index contributed by atoms with van der Waals surface area (Å²) < 4.78 is 0. The van der Waals surface area contributed by atoms with Crippen molar-refractivity contribution >= 4 is 21.8 Å². The summed E-state index contributed by atoms with van der Waals surface area (Å²) in [5.74, 6) is 0.343. The topological polar surface area (TPSA) is 23.6 Å². The molecule has 1 atom stereocenters. The normalized spacial score (nSPS) is 29.0. The number of alkyl halides is 1. The third-order valence-corrected chi connectivity index (χ3v) is 4.26. The third kappa shape index (κ3) is 2.77.